The van der Waals surface area contributed by atoms with Crippen LogP contribution in [0, 0.1) is 11.3 Å². The molecule has 160 valence electrons. The van der Waals surface area contributed by atoms with E-state index in [1.807, 2.05) is 10.8 Å². The molecule has 3 rings (SSSR count). The van der Waals surface area contributed by atoms with Crippen LogP contribution in [0.3, 0.4) is 0 Å². The molecule has 12 heteroatoms. The second-order valence-electron chi connectivity index (χ2n) is 6.38. The highest BCUT2D eigenvalue weighted by Gasteiger charge is 2.39. The summed E-state index contributed by atoms with van der Waals surface area (Å²) in [5.41, 5.74) is 1.69. The number of rotatable bonds is 6. The Bertz CT molecular complexity index is 1120. The van der Waals surface area contributed by atoms with Gasteiger partial charge in [0.15, 0.2) is 0 Å². The minimum atomic E-state index is -4.87. The molecule has 0 aliphatic heterocycles. The summed E-state index contributed by atoms with van der Waals surface area (Å²) in [7, 11) is 0. The van der Waals surface area contributed by atoms with Crippen molar-refractivity contribution in [3.63, 3.8) is 0 Å². The summed E-state index contributed by atoms with van der Waals surface area (Å²) in [5, 5.41) is 21.5. The highest BCUT2D eigenvalue weighted by atomic mass is 32.1. The van der Waals surface area contributed by atoms with Gasteiger partial charge in [0.05, 0.1) is 6.54 Å². The van der Waals surface area contributed by atoms with Gasteiger partial charge < -0.3 is 10.2 Å². The van der Waals surface area contributed by atoms with Crippen molar-refractivity contribution in [1.29, 1.82) is 5.26 Å². The molecule has 0 saturated heterocycles. The highest BCUT2D eigenvalue weighted by molar-refractivity contribution is 7.07. The summed E-state index contributed by atoms with van der Waals surface area (Å²) in [5.74, 6) is -3.00. The Labute approximate surface area is 178 Å². The molecular weight excluding hydrogens is 433 g/mol. The van der Waals surface area contributed by atoms with Crippen LogP contribution in [-0.4, -0.2) is 26.6 Å². The fourth-order valence-corrected chi connectivity index (χ4v) is 3.44. The Balaban J connectivity index is 1.93. The van der Waals surface area contributed by atoms with Crippen molar-refractivity contribution in [1.82, 2.24) is 14.8 Å². The van der Waals surface area contributed by atoms with Crippen molar-refractivity contribution < 1.29 is 22.8 Å². The minimum Gasteiger partial charge on any atom is -0.326 e. The molecule has 0 spiro atoms. The van der Waals surface area contributed by atoms with Crippen LogP contribution < -0.4 is 10.2 Å². The van der Waals surface area contributed by atoms with Crippen LogP contribution in [0.2, 0.25) is 0 Å². The van der Waals surface area contributed by atoms with Gasteiger partial charge in [-0.15, -0.1) is 10.2 Å². The van der Waals surface area contributed by atoms with E-state index in [4.69, 9.17) is 5.26 Å². The molecule has 3 aromatic rings. The summed E-state index contributed by atoms with van der Waals surface area (Å²) in [6.07, 6.45) is -4.87. The molecule has 2 amide bonds. The fourth-order valence-electron chi connectivity index (χ4n) is 2.78. The summed E-state index contributed by atoms with van der Waals surface area (Å²) in [4.78, 5) is 25.5. The summed E-state index contributed by atoms with van der Waals surface area (Å²) >= 11 is 1.41. The molecule has 0 radical (unpaired) electrons. The molecular formula is C19H15F3N6O2S. The Morgan fingerprint density at radius 3 is 2.48 bits per heavy atom. The topological polar surface area (TPSA) is 104 Å². The lowest BCUT2D eigenvalue weighted by atomic mass is 10.2. The standard InChI is InChI=1S/C19H15F3N6O2S/c1-12(29)24-14-2-4-15(5-3-14)27(9-13-6-7-31-11-13)17(30)10-28-16(8-23)25-26-18(28)19(20,21)22/h2-7,11H,9-10H2,1H3,(H,24,29). The lowest BCUT2D eigenvalue weighted by Crippen LogP contribution is -2.34. The van der Waals surface area contributed by atoms with Crippen LogP contribution in [0.5, 0.6) is 0 Å². The van der Waals surface area contributed by atoms with Gasteiger partial charge in [-0.3, -0.25) is 14.2 Å². The molecule has 0 bridgehead atoms. The van der Waals surface area contributed by atoms with Crippen molar-refractivity contribution in [2.45, 2.75) is 26.2 Å². The third-order valence-electron chi connectivity index (χ3n) is 4.12. The number of benzene rings is 1. The molecule has 2 aromatic heterocycles. The Hall–Kier alpha value is -3.72. The molecule has 0 saturated carbocycles. The van der Waals surface area contributed by atoms with E-state index in [2.05, 4.69) is 15.5 Å². The molecule has 1 aromatic carbocycles. The van der Waals surface area contributed by atoms with Gasteiger partial charge in [0.2, 0.25) is 23.5 Å². The Kier molecular flexibility index (Phi) is 6.36. The molecule has 31 heavy (non-hydrogen) atoms. The van der Waals surface area contributed by atoms with Crippen molar-refractivity contribution in [2.24, 2.45) is 0 Å². The van der Waals surface area contributed by atoms with Crippen molar-refractivity contribution in [2.75, 3.05) is 10.2 Å². The second-order valence-corrected chi connectivity index (χ2v) is 7.16. The number of nitrogens with one attached hydrogen (secondary N) is 1. The third-order valence-corrected chi connectivity index (χ3v) is 4.85. The molecule has 0 unspecified atom stereocenters. The van der Waals surface area contributed by atoms with E-state index in [0.717, 1.165) is 5.56 Å². The fraction of sp³-hybridized carbons (Fsp3) is 0.211. The lowest BCUT2D eigenvalue weighted by molar-refractivity contribution is -0.147. The number of amides is 2. The smallest absolute Gasteiger partial charge is 0.326 e. The number of carbonyl (C=O) groups excluding carboxylic acids is 2. The predicted molar refractivity (Wildman–Crippen MR) is 106 cm³/mol. The quantitative estimate of drug-likeness (QED) is 0.622. The highest BCUT2D eigenvalue weighted by Crippen LogP contribution is 2.29. The zero-order chi connectivity index (χ0) is 22.6. The number of halogens is 3. The molecule has 0 aliphatic rings. The zero-order valence-electron chi connectivity index (χ0n) is 16.1. The number of anilines is 2. The predicted octanol–water partition coefficient (Wildman–Crippen LogP) is 3.42. The van der Waals surface area contributed by atoms with E-state index in [0.29, 0.717) is 15.9 Å². The molecule has 1 N–H and O–H groups in total. The molecule has 2 heterocycles. The largest absolute Gasteiger partial charge is 0.451 e. The first-order valence-electron chi connectivity index (χ1n) is 8.78. The van der Waals surface area contributed by atoms with Crippen LogP contribution in [0.1, 0.15) is 24.1 Å². The van der Waals surface area contributed by atoms with Gasteiger partial charge in [-0.1, -0.05) is 0 Å². The first-order valence-corrected chi connectivity index (χ1v) is 9.73. The SMILES string of the molecule is CC(=O)Nc1ccc(N(Cc2ccsc2)C(=O)Cn2c(C#N)nnc2C(F)(F)F)cc1. The maximum Gasteiger partial charge on any atom is 0.451 e. The minimum absolute atomic E-state index is 0.104. The van der Waals surface area contributed by atoms with Crippen LogP contribution in [0.25, 0.3) is 0 Å². The van der Waals surface area contributed by atoms with Gasteiger partial charge >= 0.3 is 6.18 Å². The van der Waals surface area contributed by atoms with Crippen LogP contribution in [0.4, 0.5) is 24.5 Å². The van der Waals surface area contributed by atoms with E-state index >= 15 is 0 Å². The van der Waals surface area contributed by atoms with E-state index in [-0.39, 0.29) is 12.5 Å². The number of nitriles is 1. The van der Waals surface area contributed by atoms with Gasteiger partial charge in [-0.2, -0.15) is 29.8 Å². The zero-order valence-corrected chi connectivity index (χ0v) is 16.9. The number of aromatic nitrogens is 3. The summed E-state index contributed by atoms with van der Waals surface area (Å²) in [6.45, 7) is 0.681. The first kappa shape index (κ1) is 22.0. The Morgan fingerprint density at radius 2 is 1.94 bits per heavy atom. The van der Waals surface area contributed by atoms with Crippen molar-refractivity contribution in [3.05, 3.63) is 58.3 Å². The molecule has 8 nitrogen and oxygen atoms in total. The van der Waals surface area contributed by atoms with Gasteiger partial charge in [0, 0.05) is 18.3 Å². The molecule has 0 aliphatic carbocycles. The van der Waals surface area contributed by atoms with Gasteiger partial charge in [-0.05, 0) is 46.7 Å². The third kappa shape index (κ3) is 5.26. The lowest BCUT2D eigenvalue weighted by Gasteiger charge is -2.23. The van der Waals surface area contributed by atoms with Gasteiger partial charge in [-0.25, -0.2) is 0 Å². The number of nitrogens with zero attached hydrogens (tertiary/aromatic N) is 5. The van der Waals surface area contributed by atoms with E-state index in [1.165, 1.54) is 29.2 Å². The van der Waals surface area contributed by atoms with Crippen molar-refractivity contribution in [3.8, 4) is 6.07 Å². The average Bonchev–Trinajstić information content (AvgIpc) is 3.35. The average molecular weight is 448 g/mol. The number of alkyl halides is 3. The monoisotopic (exact) mass is 448 g/mol. The maximum absolute atomic E-state index is 13.2. The van der Waals surface area contributed by atoms with Crippen molar-refractivity contribution >= 4 is 34.5 Å². The van der Waals surface area contributed by atoms with Gasteiger partial charge in [0.25, 0.3) is 0 Å². The number of thiophene rings is 1. The Morgan fingerprint density at radius 1 is 1.23 bits per heavy atom. The number of hydrogen-bond donors (Lipinski definition) is 1. The number of carbonyl (C=O) groups is 2. The van der Waals surface area contributed by atoms with E-state index < -0.39 is 30.3 Å². The summed E-state index contributed by atoms with van der Waals surface area (Å²) < 4.78 is 40.2. The second kappa shape index (κ2) is 8.97. The van der Waals surface area contributed by atoms with Gasteiger partial charge in [0.1, 0.15) is 12.6 Å². The molecule has 0 atom stereocenters. The number of hydrogen-bond acceptors (Lipinski definition) is 6. The molecule has 0 fully saturated rings. The van der Waals surface area contributed by atoms with Crippen LogP contribution >= 0.6 is 11.3 Å². The first-order chi connectivity index (χ1) is 14.7. The normalized spacial score (nSPS) is 11.1. The van der Waals surface area contributed by atoms with E-state index in [1.54, 1.807) is 30.3 Å². The van der Waals surface area contributed by atoms with Crippen LogP contribution in [-0.2, 0) is 28.9 Å². The maximum atomic E-state index is 13.2. The van der Waals surface area contributed by atoms with E-state index in [9.17, 15) is 22.8 Å². The summed E-state index contributed by atoms with van der Waals surface area (Å²) in [6, 6.07) is 9.60. The van der Waals surface area contributed by atoms with Crippen LogP contribution in [0.15, 0.2) is 41.1 Å².